The zero-order chi connectivity index (χ0) is 18.6. The second kappa shape index (κ2) is 8.10. The van der Waals surface area contributed by atoms with Crippen LogP contribution in [0.1, 0.15) is 10.4 Å². The molecule has 2 rings (SSSR count). The van der Waals surface area contributed by atoms with E-state index in [2.05, 4.69) is 10.6 Å². The topological polar surface area (TPSA) is 84.3 Å². The predicted octanol–water partition coefficient (Wildman–Crippen LogP) is 4.79. The quantitative estimate of drug-likeness (QED) is 0.314. The average molecular weight is 423 g/mol. The van der Waals surface area contributed by atoms with Gasteiger partial charge in [-0.1, -0.05) is 58.5 Å². The number of non-ortho nitro benzene ring substituents is 1. The molecule has 2 aromatic carbocycles. The van der Waals surface area contributed by atoms with Crippen molar-refractivity contribution in [3.05, 3.63) is 69.2 Å². The molecule has 0 spiro atoms. The number of halogens is 4. The van der Waals surface area contributed by atoms with Crippen LogP contribution in [0.4, 0.5) is 11.4 Å². The van der Waals surface area contributed by atoms with Crippen molar-refractivity contribution >= 4 is 63.7 Å². The summed E-state index contributed by atoms with van der Waals surface area (Å²) in [7, 11) is 0. The Balaban J connectivity index is 2.21. The number of nitrogens with zero attached hydrogens (tertiary/aromatic N) is 1. The summed E-state index contributed by atoms with van der Waals surface area (Å²) in [5, 5.41) is 16.5. The van der Waals surface area contributed by atoms with Crippen LogP contribution in [0.2, 0.25) is 5.02 Å². The Kier molecular flexibility index (Phi) is 6.35. The first kappa shape index (κ1) is 19.6. The second-order valence-electron chi connectivity index (χ2n) is 4.91. The lowest BCUT2D eigenvalue weighted by Gasteiger charge is -2.27. The van der Waals surface area contributed by atoms with E-state index >= 15 is 0 Å². The van der Waals surface area contributed by atoms with Gasteiger partial charge in [-0.15, -0.1) is 0 Å². The second-order valence-corrected chi connectivity index (χ2v) is 7.72. The molecular weight excluding hydrogens is 412 g/mol. The Hall–Kier alpha value is -1.73. The number of hydrogen-bond donors (Lipinski definition) is 2. The third kappa shape index (κ3) is 5.64. The van der Waals surface area contributed by atoms with Gasteiger partial charge in [-0.2, -0.15) is 0 Å². The molecular formula is C15H11Cl4N3O3. The number of carbonyl (C=O) groups excluding carboxylic acids is 1. The molecule has 2 aromatic rings. The van der Waals surface area contributed by atoms with E-state index in [0.717, 1.165) is 0 Å². The fraction of sp³-hybridized carbons (Fsp3) is 0.133. The number of carbonyl (C=O) groups is 1. The number of benzene rings is 2. The van der Waals surface area contributed by atoms with E-state index in [9.17, 15) is 14.9 Å². The van der Waals surface area contributed by atoms with Crippen LogP contribution < -0.4 is 10.6 Å². The van der Waals surface area contributed by atoms with Crippen molar-refractivity contribution in [2.24, 2.45) is 0 Å². The Labute approximate surface area is 163 Å². The number of alkyl halides is 3. The minimum absolute atomic E-state index is 0.144. The Morgan fingerprint density at radius 2 is 1.80 bits per heavy atom. The molecule has 1 amide bonds. The van der Waals surface area contributed by atoms with Crippen molar-refractivity contribution in [1.82, 2.24) is 5.32 Å². The van der Waals surface area contributed by atoms with Crippen LogP contribution in [-0.2, 0) is 0 Å². The maximum atomic E-state index is 12.3. The SMILES string of the molecule is O=C(N[C@H](Nc1cccc([N+](=O)[O-])c1)C(Cl)(Cl)Cl)c1cccc(Cl)c1. The van der Waals surface area contributed by atoms with Gasteiger partial charge in [-0.25, -0.2) is 0 Å². The smallest absolute Gasteiger partial charge is 0.271 e. The van der Waals surface area contributed by atoms with Gasteiger partial charge in [0, 0.05) is 28.4 Å². The molecule has 0 saturated heterocycles. The third-order valence-electron chi connectivity index (χ3n) is 3.06. The Morgan fingerprint density at radius 1 is 1.12 bits per heavy atom. The lowest BCUT2D eigenvalue weighted by atomic mass is 10.2. The highest BCUT2D eigenvalue weighted by Crippen LogP contribution is 2.32. The standard InChI is InChI=1S/C15H11Cl4N3O3/c16-10-4-1-3-9(7-10)13(23)21-14(15(17,18)19)20-11-5-2-6-12(8-11)22(24)25/h1-8,14,20H,(H,21,23)/t14-/m0/s1. The van der Waals surface area contributed by atoms with Gasteiger partial charge in [-0.05, 0) is 24.3 Å². The monoisotopic (exact) mass is 421 g/mol. The largest absolute Gasteiger partial charge is 0.362 e. The van der Waals surface area contributed by atoms with Gasteiger partial charge in [0.15, 0.2) is 0 Å². The molecule has 2 N–H and O–H groups in total. The van der Waals surface area contributed by atoms with E-state index in [1.54, 1.807) is 24.3 Å². The molecule has 10 heteroatoms. The van der Waals surface area contributed by atoms with E-state index in [0.29, 0.717) is 10.7 Å². The number of nitro benzene ring substituents is 1. The van der Waals surface area contributed by atoms with Crippen molar-refractivity contribution in [2.75, 3.05) is 5.32 Å². The van der Waals surface area contributed by atoms with Gasteiger partial charge in [-0.3, -0.25) is 14.9 Å². The van der Waals surface area contributed by atoms with Gasteiger partial charge in [0.1, 0.15) is 6.17 Å². The molecule has 0 heterocycles. The van der Waals surface area contributed by atoms with E-state index in [1.807, 2.05) is 0 Å². The van der Waals surface area contributed by atoms with Crippen molar-refractivity contribution in [3.8, 4) is 0 Å². The molecule has 0 aliphatic carbocycles. The fourth-order valence-electron chi connectivity index (χ4n) is 1.92. The van der Waals surface area contributed by atoms with Crippen molar-refractivity contribution < 1.29 is 9.72 Å². The molecule has 1 atom stereocenters. The van der Waals surface area contributed by atoms with Crippen LogP contribution >= 0.6 is 46.4 Å². The summed E-state index contributed by atoms with van der Waals surface area (Å²) < 4.78 is -1.92. The highest BCUT2D eigenvalue weighted by atomic mass is 35.6. The molecule has 0 fully saturated rings. The molecule has 0 aliphatic heterocycles. The van der Waals surface area contributed by atoms with Gasteiger partial charge in [0.05, 0.1) is 4.92 Å². The molecule has 0 aromatic heterocycles. The van der Waals surface area contributed by atoms with E-state index in [1.165, 1.54) is 24.3 Å². The van der Waals surface area contributed by atoms with Crippen molar-refractivity contribution in [1.29, 1.82) is 0 Å². The number of amides is 1. The minimum Gasteiger partial charge on any atom is -0.362 e. The maximum absolute atomic E-state index is 12.3. The molecule has 6 nitrogen and oxygen atoms in total. The summed E-state index contributed by atoms with van der Waals surface area (Å²) in [6, 6.07) is 11.8. The molecule has 0 unspecified atom stereocenters. The summed E-state index contributed by atoms with van der Waals surface area (Å²) in [4.78, 5) is 22.6. The van der Waals surface area contributed by atoms with Crippen LogP contribution in [0.15, 0.2) is 48.5 Å². The van der Waals surface area contributed by atoms with E-state index < -0.39 is 20.8 Å². The van der Waals surface area contributed by atoms with Gasteiger partial charge in [0.2, 0.25) is 3.79 Å². The zero-order valence-electron chi connectivity index (χ0n) is 12.4. The number of anilines is 1. The summed E-state index contributed by atoms with van der Waals surface area (Å²) in [6.07, 6.45) is -1.15. The number of nitrogens with one attached hydrogen (secondary N) is 2. The maximum Gasteiger partial charge on any atom is 0.271 e. The van der Waals surface area contributed by atoms with Gasteiger partial charge in [0.25, 0.3) is 11.6 Å². The van der Waals surface area contributed by atoms with Crippen LogP contribution in [0.3, 0.4) is 0 Å². The molecule has 0 radical (unpaired) electrons. The highest BCUT2D eigenvalue weighted by Gasteiger charge is 2.34. The van der Waals surface area contributed by atoms with Crippen LogP contribution in [0, 0.1) is 10.1 Å². The summed E-state index contributed by atoms with van der Waals surface area (Å²) in [6.45, 7) is 0. The van der Waals surface area contributed by atoms with Crippen LogP contribution in [0.5, 0.6) is 0 Å². The van der Waals surface area contributed by atoms with Gasteiger partial charge >= 0.3 is 0 Å². The first-order valence-electron chi connectivity index (χ1n) is 6.81. The van der Waals surface area contributed by atoms with Gasteiger partial charge < -0.3 is 10.6 Å². The van der Waals surface area contributed by atoms with E-state index in [-0.39, 0.29) is 11.3 Å². The first-order chi connectivity index (χ1) is 11.7. The van der Waals surface area contributed by atoms with Crippen LogP contribution in [-0.4, -0.2) is 20.8 Å². The summed E-state index contributed by atoms with van der Waals surface area (Å²) in [5.74, 6) is -0.531. The Morgan fingerprint density at radius 3 is 2.40 bits per heavy atom. The van der Waals surface area contributed by atoms with Crippen molar-refractivity contribution in [3.63, 3.8) is 0 Å². The molecule has 0 bridgehead atoms. The number of rotatable bonds is 5. The average Bonchev–Trinajstić information content (AvgIpc) is 2.53. The summed E-state index contributed by atoms with van der Waals surface area (Å²) in [5.41, 5.74) is 0.429. The predicted molar refractivity (Wildman–Crippen MR) is 99.7 cm³/mol. The lowest BCUT2D eigenvalue weighted by Crippen LogP contribution is -2.49. The molecule has 25 heavy (non-hydrogen) atoms. The first-order valence-corrected chi connectivity index (χ1v) is 8.32. The third-order valence-corrected chi connectivity index (χ3v) is 3.95. The Bertz CT molecular complexity index is 796. The normalized spacial score (nSPS) is 12.3. The molecule has 132 valence electrons. The zero-order valence-corrected chi connectivity index (χ0v) is 15.4. The van der Waals surface area contributed by atoms with E-state index in [4.69, 9.17) is 46.4 Å². The van der Waals surface area contributed by atoms with Crippen molar-refractivity contribution in [2.45, 2.75) is 9.96 Å². The number of hydrogen-bond acceptors (Lipinski definition) is 4. The summed E-state index contributed by atoms with van der Waals surface area (Å²) >= 11 is 23.6. The molecule has 0 aliphatic rings. The lowest BCUT2D eigenvalue weighted by molar-refractivity contribution is -0.384. The minimum atomic E-state index is -1.92. The molecule has 0 saturated carbocycles. The number of nitro groups is 1. The fourth-order valence-corrected chi connectivity index (χ4v) is 2.44. The van der Waals surface area contributed by atoms with Crippen LogP contribution in [0.25, 0.3) is 0 Å². The highest BCUT2D eigenvalue weighted by molar-refractivity contribution is 6.68.